The highest BCUT2D eigenvalue weighted by Crippen LogP contribution is 2.18. The summed E-state index contributed by atoms with van der Waals surface area (Å²) in [6.07, 6.45) is 0.173. The first kappa shape index (κ1) is 20.5. The summed E-state index contributed by atoms with van der Waals surface area (Å²) < 4.78 is 5.21. The van der Waals surface area contributed by atoms with Crippen LogP contribution in [0.4, 0.5) is 16.2 Å². The molecule has 0 atom stereocenters. The Bertz CT molecular complexity index is 977. The zero-order chi connectivity index (χ0) is 20.9. The Kier molecular flexibility index (Phi) is 6.29. The average molecular weight is 410 g/mol. The molecule has 150 valence electrons. The molecule has 29 heavy (non-hydrogen) atoms. The van der Waals surface area contributed by atoms with E-state index in [9.17, 15) is 9.59 Å². The molecular weight excluding hydrogens is 386 g/mol. The molecule has 3 aromatic rings. The van der Waals surface area contributed by atoms with Crippen molar-refractivity contribution >= 4 is 34.7 Å². The van der Waals surface area contributed by atoms with Crippen molar-refractivity contribution in [2.45, 2.75) is 32.8 Å². The number of anilines is 2. The zero-order valence-electron chi connectivity index (χ0n) is 16.6. The summed E-state index contributed by atoms with van der Waals surface area (Å²) in [4.78, 5) is 28.7. The van der Waals surface area contributed by atoms with E-state index < -0.39 is 11.7 Å². The molecule has 2 amide bonds. The van der Waals surface area contributed by atoms with E-state index in [0.29, 0.717) is 23.5 Å². The van der Waals surface area contributed by atoms with Crippen molar-refractivity contribution in [2.24, 2.45) is 0 Å². The third-order valence-corrected chi connectivity index (χ3v) is 4.62. The summed E-state index contributed by atoms with van der Waals surface area (Å²) in [7, 11) is 0. The summed E-state index contributed by atoms with van der Waals surface area (Å²) in [5.74, 6) is -0.270. The second-order valence-electron chi connectivity index (χ2n) is 7.45. The molecule has 0 saturated heterocycles. The summed E-state index contributed by atoms with van der Waals surface area (Å²) in [5.41, 5.74) is 2.17. The maximum absolute atomic E-state index is 12.4. The lowest BCUT2D eigenvalue weighted by atomic mass is 10.2. The maximum atomic E-state index is 12.4. The predicted octanol–water partition coefficient (Wildman–Crippen LogP) is 5.33. The topological polar surface area (TPSA) is 80.3 Å². The highest BCUT2D eigenvalue weighted by Gasteiger charge is 2.16. The summed E-state index contributed by atoms with van der Waals surface area (Å²) >= 11 is 1.46. The van der Waals surface area contributed by atoms with Crippen molar-refractivity contribution < 1.29 is 14.3 Å². The van der Waals surface area contributed by atoms with E-state index in [1.165, 1.54) is 11.3 Å². The highest BCUT2D eigenvalue weighted by atomic mass is 32.1. The maximum Gasteiger partial charge on any atom is 0.412 e. The van der Waals surface area contributed by atoms with Crippen LogP contribution in [0, 0.1) is 0 Å². The number of ether oxygens (including phenoxy) is 1. The van der Waals surface area contributed by atoms with Gasteiger partial charge in [0, 0.05) is 23.2 Å². The molecule has 3 rings (SSSR count). The molecule has 0 fully saturated rings. The summed E-state index contributed by atoms with van der Waals surface area (Å²) in [5, 5.41) is 8.11. The molecule has 0 aliphatic heterocycles. The van der Waals surface area contributed by atoms with Gasteiger partial charge in [0.2, 0.25) is 0 Å². The minimum atomic E-state index is -0.565. The lowest BCUT2D eigenvalue weighted by Crippen LogP contribution is -2.27. The molecule has 6 nitrogen and oxygen atoms in total. The van der Waals surface area contributed by atoms with Crippen molar-refractivity contribution in [1.82, 2.24) is 4.98 Å². The van der Waals surface area contributed by atoms with Gasteiger partial charge in [0.15, 0.2) is 0 Å². The van der Waals surface area contributed by atoms with Gasteiger partial charge in [-0.25, -0.2) is 9.78 Å². The van der Waals surface area contributed by atoms with Gasteiger partial charge in [-0.1, -0.05) is 30.3 Å². The number of carbonyl (C=O) groups excluding carboxylic acids is 2. The number of rotatable bonds is 5. The molecule has 0 spiro atoms. The Hall–Kier alpha value is -3.19. The minimum absolute atomic E-state index is 0.270. The molecular formula is C22H23N3O3S. The lowest BCUT2D eigenvalue weighted by Gasteiger charge is -2.19. The molecule has 1 heterocycles. The monoisotopic (exact) mass is 409 g/mol. The van der Waals surface area contributed by atoms with Gasteiger partial charge < -0.3 is 10.1 Å². The SMILES string of the molecule is CC(C)(C)OC(=O)Nc1ccc(NC(=O)c2csc(Cc3ccccc3)n2)cc1. The fourth-order valence-electron chi connectivity index (χ4n) is 2.52. The molecule has 7 heteroatoms. The molecule has 2 aromatic carbocycles. The smallest absolute Gasteiger partial charge is 0.412 e. The molecule has 2 N–H and O–H groups in total. The normalized spacial score (nSPS) is 11.0. The summed E-state index contributed by atoms with van der Waals surface area (Å²) in [6, 6.07) is 16.8. The lowest BCUT2D eigenvalue weighted by molar-refractivity contribution is 0.0635. The standard InChI is InChI=1S/C22H23N3O3S/c1-22(2,3)28-21(27)24-17-11-9-16(10-12-17)23-20(26)18-14-29-19(25-18)13-15-7-5-4-6-8-15/h4-12,14H,13H2,1-3H3,(H,23,26)(H,24,27). The Labute approximate surface area is 173 Å². The van der Waals surface area contributed by atoms with Gasteiger partial charge in [0.25, 0.3) is 5.91 Å². The predicted molar refractivity (Wildman–Crippen MR) is 116 cm³/mol. The molecule has 0 saturated carbocycles. The fourth-order valence-corrected chi connectivity index (χ4v) is 3.33. The van der Waals surface area contributed by atoms with Crippen molar-refractivity contribution in [3.8, 4) is 0 Å². The van der Waals surface area contributed by atoms with Crippen LogP contribution in [0.2, 0.25) is 0 Å². The number of nitrogens with one attached hydrogen (secondary N) is 2. The molecule has 0 aliphatic rings. The van der Waals surface area contributed by atoms with Gasteiger partial charge in [-0.15, -0.1) is 11.3 Å². The van der Waals surface area contributed by atoms with Gasteiger partial charge in [0.1, 0.15) is 11.3 Å². The third kappa shape index (κ3) is 6.43. The largest absolute Gasteiger partial charge is 0.444 e. The van der Waals surface area contributed by atoms with Crippen LogP contribution in [0.1, 0.15) is 41.8 Å². The quantitative estimate of drug-likeness (QED) is 0.597. The number of carbonyl (C=O) groups is 2. The number of thiazole rings is 1. The Balaban J connectivity index is 1.56. The van der Waals surface area contributed by atoms with Crippen molar-refractivity contribution in [3.63, 3.8) is 0 Å². The van der Waals surface area contributed by atoms with Gasteiger partial charge in [-0.2, -0.15) is 0 Å². The first-order valence-electron chi connectivity index (χ1n) is 9.18. The number of hydrogen-bond donors (Lipinski definition) is 2. The highest BCUT2D eigenvalue weighted by molar-refractivity contribution is 7.09. The Morgan fingerprint density at radius 2 is 1.59 bits per heavy atom. The van der Waals surface area contributed by atoms with Crippen molar-refractivity contribution in [3.05, 3.63) is 76.2 Å². The van der Waals surface area contributed by atoms with E-state index in [1.807, 2.05) is 30.3 Å². The van der Waals surface area contributed by atoms with Crippen LogP contribution in [0.3, 0.4) is 0 Å². The Morgan fingerprint density at radius 1 is 0.966 bits per heavy atom. The van der Waals surface area contributed by atoms with E-state index in [1.54, 1.807) is 50.4 Å². The third-order valence-electron chi connectivity index (χ3n) is 3.77. The fraction of sp³-hybridized carbons (Fsp3) is 0.227. The van der Waals surface area contributed by atoms with Gasteiger partial charge in [0.05, 0.1) is 5.01 Å². The van der Waals surface area contributed by atoms with Crippen LogP contribution >= 0.6 is 11.3 Å². The molecule has 0 bridgehead atoms. The number of benzene rings is 2. The number of hydrogen-bond acceptors (Lipinski definition) is 5. The van der Waals surface area contributed by atoms with Gasteiger partial charge in [-0.3, -0.25) is 10.1 Å². The first-order chi connectivity index (χ1) is 13.8. The molecule has 0 aliphatic carbocycles. The first-order valence-corrected chi connectivity index (χ1v) is 10.1. The molecule has 1 aromatic heterocycles. The number of nitrogens with zero attached hydrogens (tertiary/aromatic N) is 1. The van der Waals surface area contributed by atoms with Crippen molar-refractivity contribution in [2.75, 3.05) is 10.6 Å². The number of aromatic nitrogens is 1. The van der Waals surface area contributed by atoms with E-state index in [4.69, 9.17) is 4.74 Å². The zero-order valence-corrected chi connectivity index (χ0v) is 17.4. The Morgan fingerprint density at radius 3 is 2.21 bits per heavy atom. The van der Waals surface area contributed by atoms with Crippen LogP contribution in [0.15, 0.2) is 60.0 Å². The van der Waals surface area contributed by atoms with E-state index in [-0.39, 0.29) is 5.91 Å². The van der Waals surface area contributed by atoms with E-state index in [2.05, 4.69) is 15.6 Å². The van der Waals surface area contributed by atoms with Crippen LogP contribution in [-0.4, -0.2) is 22.6 Å². The van der Waals surface area contributed by atoms with E-state index >= 15 is 0 Å². The van der Waals surface area contributed by atoms with Crippen molar-refractivity contribution in [1.29, 1.82) is 0 Å². The van der Waals surface area contributed by atoms with Crippen LogP contribution in [-0.2, 0) is 11.2 Å². The minimum Gasteiger partial charge on any atom is -0.444 e. The van der Waals surface area contributed by atoms with E-state index in [0.717, 1.165) is 10.6 Å². The summed E-state index contributed by atoms with van der Waals surface area (Å²) in [6.45, 7) is 5.40. The molecule has 0 radical (unpaired) electrons. The average Bonchev–Trinajstić information content (AvgIpc) is 3.11. The number of amides is 2. The van der Waals surface area contributed by atoms with Gasteiger partial charge >= 0.3 is 6.09 Å². The van der Waals surface area contributed by atoms with Crippen LogP contribution in [0.5, 0.6) is 0 Å². The second kappa shape index (κ2) is 8.87. The molecule has 0 unspecified atom stereocenters. The van der Waals surface area contributed by atoms with Crippen LogP contribution < -0.4 is 10.6 Å². The van der Waals surface area contributed by atoms with Crippen LogP contribution in [0.25, 0.3) is 0 Å². The van der Waals surface area contributed by atoms with Gasteiger partial charge in [-0.05, 0) is 50.6 Å². The second-order valence-corrected chi connectivity index (χ2v) is 8.39.